The molecular formula is C16H22N2. The molecule has 18 heavy (non-hydrogen) atoms. The van der Waals surface area contributed by atoms with Gasteiger partial charge in [0.15, 0.2) is 0 Å². The summed E-state index contributed by atoms with van der Waals surface area (Å²) in [6.45, 7) is 1.01. The van der Waals surface area contributed by atoms with Crippen LogP contribution in [0.4, 0.5) is 0 Å². The number of rotatable bonds is 1. The summed E-state index contributed by atoms with van der Waals surface area (Å²) in [5, 5.41) is 3.70. The lowest BCUT2D eigenvalue weighted by Gasteiger charge is -2.27. The summed E-state index contributed by atoms with van der Waals surface area (Å²) in [6.07, 6.45) is 8.79. The number of hydrogen-bond acceptors (Lipinski definition) is 2. The van der Waals surface area contributed by atoms with E-state index in [1.165, 1.54) is 55.5 Å². The van der Waals surface area contributed by atoms with Crippen LogP contribution in [0.25, 0.3) is 0 Å². The van der Waals surface area contributed by atoms with E-state index in [2.05, 4.69) is 29.6 Å². The first-order valence-electron chi connectivity index (χ1n) is 7.31. The van der Waals surface area contributed by atoms with Gasteiger partial charge in [0.05, 0.1) is 11.9 Å². The molecule has 0 spiro atoms. The standard InChI is InChI=1S/C16H22N2/c1-2-11-16(17-12-5-1)18-15-10-6-8-13-7-3-4-9-14(13)15/h3-4,7,9,15H,1-2,5-6,8,10-12H2,(H,17,18). The van der Waals surface area contributed by atoms with E-state index >= 15 is 0 Å². The summed E-state index contributed by atoms with van der Waals surface area (Å²) in [5.74, 6) is 1.24. The molecule has 0 saturated heterocycles. The SMILES string of the molecule is c1ccc2c(c1)CCCC2NC1=NCCCCC1. The van der Waals surface area contributed by atoms with Crippen LogP contribution in [0.3, 0.4) is 0 Å². The number of aliphatic imine (C=N–C) groups is 1. The van der Waals surface area contributed by atoms with Crippen LogP contribution in [-0.2, 0) is 6.42 Å². The Labute approximate surface area is 110 Å². The predicted octanol–water partition coefficient (Wildman–Crippen LogP) is 3.63. The molecule has 2 aliphatic rings. The molecule has 1 aliphatic carbocycles. The second-order valence-corrected chi connectivity index (χ2v) is 5.43. The Morgan fingerprint density at radius 1 is 1.00 bits per heavy atom. The first kappa shape index (κ1) is 11.8. The highest BCUT2D eigenvalue weighted by atomic mass is 15.0. The van der Waals surface area contributed by atoms with Crippen molar-refractivity contribution in [1.29, 1.82) is 0 Å². The summed E-state index contributed by atoms with van der Waals surface area (Å²) in [7, 11) is 0. The predicted molar refractivity (Wildman–Crippen MR) is 76.0 cm³/mol. The molecule has 0 bridgehead atoms. The zero-order chi connectivity index (χ0) is 12.2. The Balaban J connectivity index is 1.75. The summed E-state index contributed by atoms with van der Waals surface area (Å²) in [5.41, 5.74) is 3.02. The molecule has 1 atom stereocenters. The zero-order valence-electron chi connectivity index (χ0n) is 11.0. The Bertz CT molecular complexity index is 436. The van der Waals surface area contributed by atoms with Crippen molar-refractivity contribution in [2.75, 3.05) is 6.54 Å². The van der Waals surface area contributed by atoms with E-state index in [1.54, 1.807) is 0 Å². The summed E-state index contributed by atoms with van der Waals surface area (Å²) in [6, 6.07) is 9.37. The number of nitrogens with zero attached hydrogens (tertiary/aromatic N) is 1. The van der Waals surface area contributed by atoms with E-state index in [4.69, 9.17) is 4.99 Å². The van der Waals surface area contributed by atoms with Crippen molar-refractivity contribution < 1.29 is 0 Å². The Morgan fingerprint density at radius 2 is 1.94 bits per heavy atom. The Kier molecular flexibility index (Phi) is 3.63. The number of aryl methyl sites for hydroxylation is 1. The van der Waals surface area contributed by atoms with E-state index in [9.17, 15) is 0 Å². The van der Waals surface area contributed by atoms with Gasteiger partial charge < -0.3 is 5.32 Å². The van der Waals surface area contributed by atoms with Gasteiger partial charge in [-0.05, 0) is 43.2 Å². The normalized spacial score (nSPS) is 23.8. The van der Waals surface area contributed by atoms with Gasteiger partial charge in [-0.1, -0.05) is 30.7 Å². The molecule has 2 nitrogen and oxygen atoms in total. The third-order valence-electron chi connectivity index (χ3n) is 4.08. The van der Waals surface area contributed by atoms with Crippen molar-refractivity contribution in [1.82, 2.24) is 5.32 Å². The minimum atomic E-state index is 0.492. The van der Waals surface area contributed by atoms with Crippen molar-refractivity contribution in [3.8, 4) is 0 Å². The van der Waals surface area contributed by atoms with Gasteiger partial charge in [0.25, 0.3) is 0 Å². The minimum absolute atomic E-state index is 0.492. The summed E-state index contributed by atoms with van der Waals surface area (Å²) in [4.78, 5) is 4.70. The largest absolute Gasteiger partial charge is 0.367 e. The quantitative estimate of drug-likeness (QED) is 0.799. The van der Waals surface area contributed by atoms with Crippen LogP contribution in [0.2, 0.25) is 0 Å². The van der Waals surface area contributed by atoms with Gasteiger partial charge in [0.2, 0.25) is 0 Å². The molecule has 0 fully saturated rings. The van der Waals surface area contributed by atoms with Crippen molar-refractivity contribution in [3.05, 3.63) is 35.4 Å². The van der Waals surface area contributed by atoms with Crippen LogP contribution in [0, 0.1) is 0 Å². The molecule has 3 rings (SSSR count). The smallest absolute Gasteiger partial charge is 0.0967 e. The van der Waals surface area contributed by atoms with Gasteiger partial charge in [-0.3, -0.25) is 4.99 Å². The lowest BCUT2D eigenvalue weighted by molar-refractivity contribution is 0.523. The fourth-order valence-electron chi connectivity index (χ4n) is 3.10. The van der Waals surface area contributed by atoms with Crippen LogP contribution >= 0.6 is 0 Å². The average Bonchev–Trinajstić information content (AvgIpc) is 2.68. The van der Waals surface area contributed by atoms with Crippen LogP contribution in [-0.4, -0.2) is 12.4 Å². The maximum Gasteiger partial charge on any atom is 0.0967 e. The van der Waals surface area contributed by atoms with Gasteiger partial charge >= 0.3 is 0 Å². The third-order valence-corrected chi connectivity index (χ3v) is 4.08. The molecule has 2 heteroatoms. The van der Waals surface area contributed by atoms with Crippen LogP contribution < -0.4 is 5.32 Å². The number of amidine groups is 1. The van der Waals surface area contributed by atoms with E-state index < -0.39 is 0 Å². The number of hydrogen-bond donors (Lipinski definition) is 1. The zero-order valence-corrected chi connectivity index (χ0v) is 11.0. The monoisotopic (exact) mass is 242 g/mol. The number of nitrogens with one attached hydrogen (secondary N) is 1. The molecular weight excluding hydrogens is 220 g/mol. The minimum Gasteiger partial charge on any atom is -0.367 e. The van der Waals surface area contributed by atoms with Gasteiger partial charge in [-0.2, -0.15) is 0 Å². The van der Waals surface area contributed by atoms with E-state index in [0.717, 1.165) is 13.0 Å². The summed E-state index contributed by atoms with van der Waals surface area (Å²) >= 11 is 0. The number of benzene rings is 1. The molecule has 1 aromatic carbocycles. The molecule has 0 aromatic heterocycles. The van der Waals surface area contributed by atoms with E-state index in [0.29, 0.717) is 6.04 Å². The maximum absolute atomic E-state index is 4.70. The van der Waals surface area contributed by atoms with Gasteiger partial charge in [0.1, 0.15) is 0 Å². The topological polar surface area (TPSA) is 24.4 Å². The lowest BCUT2D eigenvalue weighted by Crippen LogP contribution is -2.30. The van der Waals surface area contributed by atoms with Gasteiger partial charge in [-0.15, -0.1) is 0 Å². The van der Waals surface area contributed by atoms with Crippen LogP contribution in [0.1, 0.15) is 55.7 Å². The fourth-order valence-corrected chi connectivity index (χ4v) is 3.10. The van der Waals surface area contributed by atoms with Crippen molar-refractivity contribution >= 4 is 5.84 Å². The molecule has 96 valence electrons. The van der Waals surface area contributed by atoms with Crippen molar-refractivity contribution in [2.45, 2.75) is 51.0 Å². The highest BCUT2D eigenvalue weighted by Crippen LogP contribution is 2.29. The Morgan fingerprint density at radius 3 is 2.94 bits per heavy atom. The van der Waals surface area contributed by atoms with Crippen LogP contribution in [0.5, 0.6) is 0 Å². The molecule has 0 amide bonds. The third kappa shape index (κ3) is 2.58. The van der Waals surface area contributed by atoms with Crippen molar-refractivity contribution in [2.24, 2.45) is 4.99 Å². The molecule has 1 unspecified atom stereocenters. The van der Waals surface area contributed by atoms with Crippen LogP contribution in [0.15, 0.2) is 29.3 Å². The highest BCUT2D eigenvalue weighted by molar-refractivity contribution is 5.82. The van der Waals surface area contributed by atoms with Gasteiger partial charge in [-0.25, -0.2) is 0 Å². The molecule has 1 aliphatic heterocycles. The highest BCUT2D eigenvalue weighted by Gasteiger charge is 2.20. The molecule has 0 radical (unpaired) electrons. The number of fused-ring (bicyclic) bond motifs is 1. The molecule has 1 aromatic rings. The second kappa shape index (κ2) is 5.55. The fraction of sp³-hybridized carbons (Fsp3) is 0.562. The van der Waals surface area contributed by atoms with Gasteiger partial charge in [0, 0.05) is 13.0 Å². The molecule has 1 heterocycles. The van der Waals surface area contributed by atoms with E-state index in [1.807, 2.05) is 0 Å². The maximum atomic E-state index is 4.70. The average molecular weight is 242 g/mol. The Hall–Kier alpha value is -1.31. The van der Waals surface area contributed by atoms with Crippen molar-refractivity contribution in [3.63, 3.8) is 0 Å². The first-order chi connectivity index (χ1) is 8.93. The second-order valence-electron chi connectivity index (χ2n) is 5.43. The molecule has 0 saturated carbocycles. The summed E-state index contributed by atoms with van der Waals surface area (Å²) < 4.78 is 0. The first-order valence-corrected chi connectivity index (χ1v) is 7.31. The lowest BCUT2D eigenvalue weighted by atomic mass is 9.87. The molecule has 1 N–H and O–H groups in total. The van der Waals surface area contributed by atoms with E-state index in [-0.39, 0.29) is 0 Å².